The first-order valence-corrected chi connectivity index (χ1v) is 8.89. The Balaban J connectivity index is 1.89. The van der Waals surface area contributed by atoms with Crippen LogP contribution in [0.2, 0.25) is 0 Å². The van der Waals surface area contributed by atoms with Gasteiger partial charge in [-0.25, -0.2) is 15.0 Å². The van der Waals surface area contributed by atoms with Gasteiger partial charge < -0.3 is 16.0 Å². The van der Waals surface area contributed by atoms with Crippen LogP contribution >= 0.6 is 0 Å². The molecule has 1 aliphatic rings. The molecule has 0 bridgehead atoms. The zero-order chi connectivity index (χ0) is 19.7. The van der Waals surface area contributed by atoms with E-state index in [0.29, 0.717) is 5.82 Å². The van der Waals surface area contributed by atoms with Gasteiger partial charge >= 0.3 is 5.69 Å². The van der Waals surface area contributed by atoms with Gasteiger partial charge in [0.2, 0.25) is 11.6 Å². The summed E-state index contributed by atoms with van der Waals surface area (Å²) in [6, 6.07) is 5.33. The summed E-state index contributed by atoms with van der Waals surface area (Å²) in [5.74, 6) is 0.810. The second-order valence-corrected chi connectivity index (χ2v) is 8.16. The highest BCUT2D eigenvalue weighted by Crippen LogP contribution is 2.35. The maximum atomic E-state index is 11.7. The molecular weight excluding hydrogens is 346 g/mol. The molecule has 0 aromatic carbocycles. The number of hydrogen-bond acceptors (Lipinski definition) is 8. The number of nitro groups is 1. The lowest BCUT2D eigenvalue weighted by Gasteiger charge is -2.46. The van der Waals surface area contributed by atoms with Gasteiger partial charge in [0.05, 0.1) is 4.92 Å². The molecule has 3 N–H and O–H groups in total. The predicted octanol–water partition coefficient (Wildman–Crippen LogP) is 3.24. The molecule has 0 saturated carbocycles. The molecular formula is C18H25N7O2. The van der Waals surface area contributed by atoms with Crippen molar-refractivity contribution in [3.63, 3.8) is 0 Å². The van der Waals surface area contributed by atoms with E-state index in [2.05, 4.69) is 58.6 Å². The number of hydrogen-bond donors (Lipinski definition) is 3. The van der Waals surface area contributed by atoms with Crippen molar-refractivity contribution < 1.29 is 4.92 Å². The Hall–Kier alpha value is -2.81. The van der Waals surface area contributed by atoms with Gasteiger partial charge in [-0.3, -0.25) is 10.1 Å². The van der Waals surface area contributed by atoms with Gasteiger partial charge in [-0.1, -0.05) is 6.07 Å². The summed E-state index contributed by atoms with van der Waals surface area (Å²) < 4.78 is 0. The Labute approximate surface area is 158 Å². The number of nitrogens with one attached hydrogen (secondary N) is 3. The molecule has 0 atom stereocenters. The summed E-state index contributed by atoms with van der Waals surface area (Å²) in [5.41, 5.74) is -0.357. The van der Waals surface area contributed by atoms with E-state index in [1.165, 1.54) is 6.33 Å². The van der Waals surface area contributed by atoms with E-state index in [9.17, 15) is 10.1 Å². The average Bonchev–Trinajstić information content (AvgIpc) is 2.52. The molecule has 0 aliphatic carbocycles. The minimum absolute atomic E-state index is 0.0487. The summed E-state index contributed by atoms with van der Waals surface area (Å²) in [4.78, 5) is 23.6. The minimum atomic E-state index is -0.467. The van der Waals surface area contributed by atoms with Gasteiger partial charge in [0.25, 0.3) is 0 Å². The standard InChI is InChI=1S/C18H25N7O2/c1-17(2)9-12(10-18(3,4)24-17)22-15-14(25(26)27)16(21-11-20-15)23-13-7-5-6-8-19-13/h5-8,11-12,24H,9-10H2,1-4H3,(H2,19,20,21,22,23). The number of nitrogens with zero attached hydrogens (tertiary/aromatic N) is 4. The summed E-state index contributed by atoms with van der Waals surface area (Å²) >= 11 is 0. The van der Waals surface area contributed by atoms with Gasteiger partial charge in [-0.05, 0) is 52.7 Å². The van der Waals surface area contributed by atoms with E-state index in [1.54, 1.807) is 24.4 Å². The van der Waals surface area contributed by atoms with Crippen molar-refractivity contribution in [3.05, 3.63) is 40.8 Å². The van der Waals surface area contributed by atoms with E-state index in [4.69, 9.17) is 0 Å². The third kappa shape index (κ3) is 4.68. The first-order valence-electron chi connectivity index (χ1n) is 8.89. The van der Waals surface area contributed by atoms with Crippen molar-refractivity contribution in [1.82, 2.24) is 20.3 Å². The smallest absolute Gasteiger partial charge is 0.353 e. The van der Waals surface area contributed by atoms with E-state index < -0.39 is 4.92 Å². The fraction of sp³-hybridized carbons (Fsp3) is 0.500. The van der Waals surface area contributed by atoms with Crippen LogP contribution in [0, 0.1) is 10.1 Å². The summed E-state index contributed by atoms with van der Waals surface area (Å²) in [6.45, 7) is 8.52. The maximum Gasteiger partial charge on any atom is 0.353 e. The second-order valence-electron chi connectivity index (χ2n) is 8.16. The second kappa shape index (κ2) is 7.07. The SMILES string of the molecule is CC1(C)CC(Nc2ncnc(Nc3ccccn3)c2[N+](=O)[O-])CC(C)(C)N1. The largest absolute Gasteiger partial charge is 0.361 e. The van der Waals surface area contributed by atoms with Crippen LogP contribution in [0.25, 0.3) is 0 Å². The van der Waals surface area contributed by atoms with E-state index >= 15 is 0 Å². The van der Waals surface area contributed by atoms with Crippen molar-refractivity contribution in [2.24, 2.45) is 0 Å². The highest BCUT2D eigenvalue weighted by molar-refractivity contribution is 5.72. The van der Waals surface area contributed by atoms with Crippen LogP contribution in [0.15, 0.2) is 30.7 Å². The molecule has 9 nitrogen and oxygen atoms in total. The van der Waals surface area contributed by atoms with Crippen LogP contribution in [-0.2, 0) is 0 Å². The molecule has 1 saturated heterocycles. The molecule has 3 rings (SSSR count). The third-order valence-corrected chi connectivity index (χ3v) is 4.45. The lowest BCUT2D eigenvalue weighted by Crippen LogP contribution is -2.60. The monoisotopic (exact) mass is 371 g/mol. The summed E-state index contributed by atoms with van der Waals surface area (Å²) in [5, 5.41) is 21.5. The third-order valence-electron chi connectivity index (χ3n) is 4.45. The predicted molar refractivity (Wildman–Crippen MR) is 104 cm³/mol. The minimum Gasteiger partial charge on any atom is -0.361 e. The summed E-state index contributed by atoms with van der Waals surface area (Å²) in [6.07, 6.45) is 4.56. The average molecular weight is 371 g/mol. The van der Waals surface area contributed by atoms with Gasteiger partial charge in [-0.15, -0.1) is 0 Å². The Morgan fingerprint density at radius 2 is 1.78 bits per heavy atom. The number of aromatic nitrogens is 3. The number of pyridine rings is 1. The lowest BCUT2D eigenvalue weighted by molar-refractivity contribution is -0.383. The lowest BCUT2D eigenvalue weighted by atomic mass is 9.79. The first kappa shape index (κ1) is 19.0. The number of anilines is 3. The number of piperidine rings is 1. The van der Waals surface area contributed by atoms with Crippen molar-refractivity contribution in [1.29, 1.82) is 0 Å². The Kier molecular flexibility index (Phi) is 4.97. The highest BCUT2D eigenvalue weighted by atomic mass is 16.6. The molecule has 1 aliphatic heterocycles. The van der Waals surface area contributed by atoms with E-state index in [-0.39, 0.29) is 34.4 Å². The molecule has 2 aromatic heterocycles. The van der Waals surface area contributed by atoms with E-state index in [0.717, 1.165) is 12.8 Å². The molecule has 27 heavy (non-hydrogen) atoms. The molecule has 3 heterocycles. The molecule has 2 aromatic rings. The molecule has 9 heteroatoms. The zero-order valence-electron chi connectivity index (χ0n) is 16.0. The Morgan fingerprint density at radius 3 is 2.37 bits per heavy atom. The van der Waals surface area contributed by atoms with Gasteiger partial charge in [-0.2, -0.15) is 0 Å². The summed E-state index contributed by atoms with van der Waals surface area (Å²) in [7, 11) is 0. The van der Waals surface area contributed by atoms with Crippen LogP contribution in [-0.4, -0.2) is 37.0 Å². The van der Waals surface area contributed by atoms with Gasteiger partial charge in [0, 0.05) is 23.3 Å². The fourth-order valence-electron chi connectivity index (χ4n) is 3.92. The quantitative estimate of drug-likeness (QED) is 0.541. The van der Waals surface area contributed by atoms with E-state index in [1.807, 2.05) is 0 Å². The topological polar surface area (TPSA) is 118 Å². The first-order chi connectivity index (χ1) is 12.7. The molecule has 0 amide bonds. The molecule has 0 spiro atoms. The van der Waals surface area contributed by atoms with Crippen LogP contribution in [0.5, 0.6) is 0 Å². The fourth-order valence-corrected chi connectivity index (χ4v) is 3.92. The molecule has 144 valence electrons. The van der Waals surface area contributed by atoms with Crippen LogP contribution in [0.4, 0.5) is 23.1 Å². The normalized spacial score (nSPS) is 18.7. The van der Waals surface area contributed by atoms with Gasteiger partial charge in [0.15, 0.2) is 0 Å². The Bertz CT molecular complexity index is 808. The maximum absolute atomic E-state index is 11.7. The van der Waals surface area contributed by atoms with Crippen molar-refractivity contribution >= 4 is 23.1 Å². The van der Waals surface area contributed by atoms with Gasteiger partial charge in [0.1, 0.15) is 12.1 Å². The van der Waals surface area contributed by atoms with Crippen LogP contribution in [0.3, 0.4) is 0 Å². The van der Waals surface area contributed by atoms with Crippen LogP contribution in [0.1, 0.15) is 40.5 Å². The molecule has 1 fully saturated rings. The number of rotatable bonds is 5. The van der Waals surface area contributed by atoms with Crippen molar-refractivity contribution in [2.75, 3.05) is 10.6 Å². The molecule has 0 radical (unpaired) electrons. The van der Waals surface area contributed by atoms with Crippen molar-refractivity contribution in [3.8, 4) is 0 Å². The Morgan fingerprint density at radius 1 is 1.11 bits per heavy atom. The van der Waals surface area contributed by atoms with Crippen LogP contribution < -0.4 is 16.0 Å². The highest BCUT2D eigenvalue weighted by Gasteiger charge is 2.38. The molecule has 0 unspecified atom stereocenters. The zero-order valence-corrected chi connectivity index (χ0v) is 16.0. The van der Waals surface area contributed by atoms with Crippen molar-refractivity contribution in [2.45, 2.75) is 57.7 Å².